The summed E-state index contributed by atoms with van der Waals surface area (Å²) >= 11 is 1.91. The second-order valence-electron chi connectivity index (χ2n) is 3.52. The summed E-state index contributed by atoms with van der Waals surface area (Å²) < 4.78 is 0. The Labute approximate surface area is 92.7 Å². The van der Waals surface area contributed by atoms with Crippen LogP contribution in [0.15, 0.2) is 41.6 Å². The Bertz CT molecular complexity index is 451. The zero-order valence-corrected chi connectivity index (χ0v) is 9.00. The fourth-order valence-corrected chi connectivity index (χ4v) is 2.92. The number of nitrogens with zero attached hydrogens (tertiary/aromatic N) is 2. The predicted octanol–water partition coefficient (Wildman–Crippen LogP) is 2.79. The Kier molecular flexibility index (Phi) is 2.18. The Morgan fingerprint density at radius 2 is 1.87 bits per heavy atom. The molecule has 15 heavy (non-hydrogen) atoms. The van der Waals surface area contributed by atoms with Gasteiger partial charge in [0, 0.05) is 16.2 Å². The highest BCUT2D eigenvalue weighted by Crippen LogP contribution is 2.36. The van der Waals surface area contributed by atoms with E-state index in [0.717, 1.165) is 12.2 Å². The highest BCUT2D eigenvalue weighted by atomic mass is 32.2. The van der Waals surface area contributed by atoms with Gasteiger partial charge in [-0.1, -0.05) is 18.2 Å². The molecule has 0 atom stereocenters. The van der Waals surface area contributed by atoms with Crippen LogP contribution < -0.4 is 0 Å². The van der Waals surface area contributed by atoms with E-state index in [2.05, 4.69) is 34.5 Å². The van der Waals surface area contributed by atoms with Crippen LogP contribution in [0, 0.1) is 0 Å². The van der Waals surface area contributed by atoms with E-state index in [1.54, 1.807) is 0 Å². The first-order chi connectivity index (χ1) is 7.45. The van der Waals surface area contributed by atoms with Crippen molar-refractivity contribution in [1.29, 1.82) is 0 Å². The smallest absolute Gasteiger partial charge is 0.0577 e. The summed E-state index contributed by atoms with van der Waals surface area (Å²) in [6.07, 6.45) is 4.84. The summed E-state index contributed by atoms with van der Waals surface area (Å²) in [6.45, 7) is 0. The zero-order chi connectivity index (χ0) is 10.1. The van der Waals surface area contributed by atoms with Gasteiger partial charge in [-0.15, -0.1) is 11.8 Å². The van der Waals surface area contributed by atoms with Crippen molar-refractivity contribution in [2.45, 2.75) is 11.3 Å². The summed E-state index contributed by atoms with van der Waals surface area (Å²) in [5.74, 6) is 1.12. The number of hydrogen-bond donors (Lipinski definition) is 0. The molecular formula is C12H10N2S. The van der Waals surface area contributed by atoms with Crippen LogP contribution in [0.3, 0.4) is 0 Å². The van der Waals surface area contributed by atoms with Gasteiger partial charge in [0.2, 0.25) is 0 Å². The molecule has 3 heteroatoms. The monoisotopic (exact) mass is 214 g/mol. The molecule has 0 amide bonds. The van der Waals surface area contributed by atoms with Crippen molar-refractivity contribution in [1.82, 2.24) is 10.2 Å². The van der Waals surface area contributed by atoms with Crippen molar-refractivity contribution in [2.75, 3.05) is 5.75 Å². The highest BCUT2D eigenvalue weighted by molar-refractivity contribution is 7.99. The van der Waals surface area contributed by atoms with Crippen LogP contribution in [0.2, 0.25) is 0 Å². The minimum absolute atomic E-state index is 1.07. The summed E-state index contributed by atoms with van der Waals surface area (Å²) in [5.41, 5.74) is 3.85. The lowest BCUT2D eigenvalue weighted by atomic mass is 10.0. The molecule has 2 aromatic rings. The van der Waals surface area contributed by atoms with E-state index in [1.807, 2.05) is 24.2 Å². The molecule has 1 aromatic heterocycles. The first kappa shape index (κ1) is 8.92. The van der Waals surface area contributed by atoms with E-state index in [-0.39, 0.29) is 0 Å². The molecule has 3 rings (SSSR count). The lowest BCUT2D eigenvalue weighted by molar-refractivity contribution is 0.991. The second kappa shape index (κ2) is 3.66. The molecule has 0 unspecified atom stereocenters. The van der Waals surface area contributed by atoms with Gasteiger partial charge in [-0.2, -0.15) is 10.2 Å². The average molecular weight is 214 g/mol. The van der Waals surface area contributed by atoms with E-state index in [9.17, 15) is 0 Å². The van der Waals surface area contributed by atoms with Gasteiger partial charge in [-0.05, 0) is 23.6 Å². The molecule has 2 nitrogen and oxygen atoms in total. The maximum Gasteiger partial charge on any atom is 0.0577 e. The molecule has 0 saturated carbocycles. The first-order valence-electron chi connectivity index (χ1n) is 4.97. The Morgan fingerprint density at radius 3 is 2.87 bits per heavy atom. The maximum atomic E-state index is 3.98. The molecule has 1 aromatic carbocycles. The van der Waals surface area contributed by atoms with Crippen molar-refractivity contribution in [3.05, 3.63) is 42.2 Å². The Hall–Kier alpha value is -1.35. The normalized spacial score (nSPS) is 13.9. The summed E-state index contributed by atoms with van der Waals surface area (Å²) in [6, 6.07) is 8.50. The first-order valence-corrected chi connectivity index (χ1v) is 5.95. The van der Waals surface area contributed by atoms with Crippen LogP contribution in [0.5, 0.6) is 0 Å². The molecule has 1 aliphatic heterocycles. The van der Waals surface area contributed by atoms with Crippen LogP contribution in [0.1, 0.15) is 5.56 Å². The predicted molar refractivity (Wildman–Crippen MR) is 61.9 cm³/mol. The third-order valence-electron chi connectivity index (χ3n) is 2.62. The van der Waals surface area contributed by atoms with Gasteiger partial charge in [0.15, 0.2) is 0 Å². The van der Waals surface area contributed by atoms with Crippen LogP contribution in [0.25, 0.3) is 11.1 Å². The van der Waals surface area contributed by atoms with Crippen LogP contribution in [-0.4, -0.2) is 16.0 Å². The fraction of sp³-hybridized carbons (Fsp3) is 0.167. The SMILES string of the molecule is c1ccc2c(c1)SCCc1cnncc1-2. The van der Waals surface area contributed by atoms with Crippen LogP contribution in [-0.2, 0) is 6.42 Å². The van der Waals surface area contributed by atoms with Crippen molar-refractivity contribution >= 4 is 11.8 Å². The number of hydrogen-bond acceptors (Lipinski definition) is 3. The second-order valence-corrected chi connectivity index (χ2v) is 4.66. The Balaban J connectivity index is 2.27. The van der Waals surface area contributed by atoms with Crippen molar-refractivity contribution < 1.29 is 0 Å². The molecular weight excluding hydrogens is 204 g/mol. The molecule has 0 saturated heterocycles. The van der Waals surface area contributed by atoms with Gasteiger partial charge in [0.25, 0.3) is 0 Å². The van der Waals surface area contributed by atoms with Gasteiger partial charge in [-0.25, -0.2) is 0 Å². The minimum atomic E-state index is 1.07. The van der Waals surface area contributed by atoms with E-state index < -0.39 is 0 Å². The Morgan fingerprint density at radius 1 is 1.00 bits per heavy atom. The molecule has 0 radical (unpaired) electrons. The fourth-order valence-electron chi connectivity index (χ4n) is 1.87. The standard InChI is InChI=1S/C12H10N2S/c1-2-4-12-10(3-1)11-8-14-13-7-9(11)5-6-15-12/h1-4,7-8H,5-6H2. The van der Waals surface area contributed by atoms with Gasteiger partial charge < -0.3 is 0 Å². The van der Waals surface area contributed by atoms with E-state index in [0.29, 0.717) is 0 Å². The molecule has 2 heterocycles. The van der Waals surface area contributed by atoms with Crippen molar-refractivity contribution in [2.24, 2.45) is 0 Å². The maximum absolute atomic E-state index is 3.98. The molecule has 0 N–H and O–H groups in total. The molecule has 74 valence electrons. The van der Waals surface area contributed by atoms with Crippen LogP contribution >= 0.6 is 11.8 Å². The summed E-state index contributed by atoms with van der Waals surface area (Å²) in [5, 5.41) is 7.93. The van der Waals surface area contributed by atoms with Gasteiger partial charge >= 0.3 is 0 Å². The average Bonchev–Trinajstić information content (AvgIpc) is 2.48. The molecule has 0 fully saturated rings. The largest absolute Gasteiger partial charge is 0.159 e. The van der Waals surface area contributed by atoms with Gasteiger partial charge in [0.05, 0.1) is 12.4 Å². The quantitative estimate of drug-likeness (QED) is 0.674. The highest BCUT2D eigenvalue weighted by Gasteiger charge is 2.14. The van der Waals surface area contributed by atoms with Crippen molar-refractivity contribution in [3.8, 4) is 11.1 Å². The van der Waals surface area contributed by atoms with E-state index in [4.69, 9.17) is 0 Å². The van der Waals surface area contributed by atoms with Gasteiger partial charge in [0.1, 0.15) is 0 Å². The molecule has 0 aliphatic carbocycles. The minimum Gasteiger partial charge on any atom is -0.159 e. The summed E-state index contributed by atoms with van der Waals surface area (Å²) in [7, 11) is 0. The topological polar surface area (TPSA) is 25.8 Å². The number of aromatic nitrogens is 2. The third kappa shape index (κ3) is 1.53. The van der Waals surface area contributed by atoms with Crippen LogP contribution in [0.4, 0.5) is 0 Å². The van der Waals surface area contributed by atoms with Gasteiger partial charge in [-0.3, -0.25) is 0 Å². The lowest BCUT2D eigenvalue weighted by Gasteiger charge is -2.06. The lowest BCUT2D eigenvalue weighted by Crippen LogP contribution is -1.92. The zero-order valence-electron chi connectivity index (χ0n) is 8.18. The molecule has 0 spiro atoms. The number of aryl methyl sites for hydroxylation is 1. The van der Waals surface area contributed by atoms with Crippen molar-refractivity contribution in [3.63, 3.8) is 0 Å². The van der Waals surface area contributed by atoms with E-state index in [1.165, 1.54) is 21.6 Å². The van der Waals surface area contributed by atoms with E-state index >= 15 is 0 Å². The number of thioether (sulfide) groups is 1. The summed E-state index contributed by atoms with van der Waals surface area (Å²) in [4.78, 5) is 1.35. The number of benzene rings is 1. The third-order valence-corrected chi connectivity index (χ3v) is 3.69. The molecule has 1 aliphatic rings. The number of fused-ring (bicyclic) bond motifs is 3. The number of rotatable bonds is 0. The molecule has 0 bridgehead atoms.